The van der Waals surface area contributed by atoms with Crippen molar-refractivity contribution in [3.05, 3.63) is 24.0 Å². The van der Waals surface area contributed by atoms with Crippen LogP contribution in [0.4, 0.5) is 0 Å². The lowest BCUT2D eigenvalue weighted by Crippen LogP contribution is -2.62. The van der Waals surface area contributed by atoms with Gasteiger partial charge in [0.05, 0.1) is 11.9 Å². The van der Waals surface area contributed by atoms with Gasteiger partial charge in [0, 0.05) is 11.3 Å². The lowest BCUT2D eigenvalue weighted by atomic mass is 9.46. The molecule has 2 aliphatic heterocycles. The molecule has 0 aromatic carbocycles. The average molecular weight is 316 g/mol. The van der Waals surface area contributed by atoms with Crippen molar-refractivity contribution in [3.8, 4) is 0 Å². The van der Waals surface area contributed by atoms with Crippen LogP contribution in [0.3, 0.4) is 0 Å². The highest BCUT2D eigenvalue weighted by atomic mass is 16.6. The second-order valence-corrected chi connectivity index (χ2v) is 9.03. The SMILES string of the molecule is CC1=CC(=O)[C@H]2C(C)(C)CCC[C@]2(C)[C@@]12CC[C@@]1(C=COC1)O2. The predicted molar refractivity (Wildman–Crippen MR) is 88.9 cm³/mol. The predicted octanol–water partition coefficient (Wildman–Crippen LogP) is 4.18. The van der Waals surface area contributed by atoms with Gasteiger partial charge in [-0.2, -0.15) is 0 Å². The van der Waals surface area contributed by atoms with Crippen molar-refractivity contribution in [2.75, 3.05) is 6.61 Å². The zero-order valence-electron chi connectivity index (χ0n) is 14.8. The third-order valence-electron chi connectivity index (χ3n) is 7.21. The number of fused-ring (bicyclic) bond motifs is 2. The van der Waals surface area contributed by atoms with Gasteiger partial charge in [0.15, 0.2) is 5.78 Å². The number of hydrogen-bond acceptors (Lipinski definition) is 3. The third-order valence-corrected chi connectivity index (χ3v) is 7.21. The number of hydrogen-bond donors (Lipinski definition) is 0. The van der Waals surface area contributed by atoms with Crippen LogP contribution in [0.1, 0.15) is 59.8 Å². The van der Waals surface area contributed by atoms with Gasteiger partial charge in [0.2, 0.25) is 0 Å². The van der Waals surface area contributed by atoms with Gasteiger partial charge >= 0.3 is 0 Å². The smallest absolute Gasteiger partial charge is 0.160 e. The maximum atomic E-state index is 12.9. The lowest BCUT2D eigenvalue weighted by Gasteiger charge is -2.60. The molecule has 0 amide bonds. The second-order valence-electron chi connectivity index (χ2n) is 9.03. The summed E-state index contributed by atoms with van der Waals surface area (Å²) in [5.41, 5.74) is 0.433. The van der Waals surface area contributed by atoms with E-state index < -0.39 is 0 Å². The maximum absolute atomic E-state index is 12.9. The van der Waals surface area contributed by atoms with E-state index in [4.69, 9.17) is 9.47 Å². The topological polar surface area (TPSA) is 35.5 Å². The molecule has 0 radical (unpaired) electrons. The Kier molecular flexibility index (Phi) is 3.02. The van der Waals surface area contributed by atoms with E-state index in [0.29, 0.717) is 12.4 Å². The van der Waals surface area contributed by atoms with Gasteiger partial charge in [-0.1, -0.05) is 27.2 Å². The molecule has 2 aliphatic carbocycles. The lowest BCUT2D eigenvalue weighted by molar-refractivity contribution is -0.187. The molecule has 4 atom stereocenters. The molecule has 23 heavy (non-hydrogen) atoms. The molecule has 2 fully saturated rings. The van der Waals surface area contributed by atoms with Crippen molar-refractivity contribution in [1.82, 2.24) is 0 Å². The minimum absolute atomic E-state index is 0.0371. The van der Waals surface area contributed by atoms with Crippen LogP contribution >= 0.6 is 0 Å². The number of ketones is 1. The third kappa shape index (κ3) is 1.83. The van der Waals surface area contributed by atoms with Crippen molar-refractivity contribution in [2.45, 2.75) is 71.0 Å². The molecule has 0 N–H and O–H groups in total. The van der Waals surface area contributed by atoms with Crippen molar-refractivity contribution in [2.24, 2.45) is 16.7 Å². The van der Waals surface area contributed by atoms with E-state index in [-0.39, 0.29) is 27.9 Å². The number of carbonyl (C=O) groups excluding carboxylic acids is 1. The number of ether oxygens (including phenoxy) is 2. The summed E-state index contributed by atoms with van der Waals surface area (Å²) in [4.78, 5) is 12.9. The molecule has 2 spiro atoms. The molecule has 4 aliphatic rings. The van der Waals surface area contributed by atoms with Crippen LogP contribution < -0.4 is 0 Å². The maximum Gasteiger partial charge on any atom is 0.160 e. The first-order valence-corrected chi connectivity index (χ1v) is 8.97. The molecule has 0 aromatic rings. The summed E-state index contributed by atoms with van der Waals surface area (Å²) < 4.78 is 12.3. The molecule has 4 rings (SSSR count). The molecule has 2 heterocycles. The van der Waals surface area contributed by atoms with Crippen LogP contribution in [-0.2, 0) is 14.3 Å². The van der Waals surface area contributed by atoms with E-state index >= 15 is 0 Å². The van der Waals surface area contributed by atoms with Crippen LogP contribution in [0.25, 0.3) is 0 Å². The van der Waals surface area contributed by atoms with Crippen LogP contribution in [0, 0.1) is 16.7 Å². The van der Waals surface area contributed by atoms with Crippen LogP contribution in [0.5, 0.6) is 0 Å². The molecule has 0 bridgehead atoms. The fraction of sp³-hybridized carbons (Fsp3) is 0.750. The standard InChI is InChI=1S/C20H28O3/c1-14-12-15(21)16-17(2,3)6-5-7-18(16,4)20(14)9-8-19(23-20)10-11-22-13-19/h10-12,16H,5-9,13H2,1-4H3/t16-,18-,19-,20+/m0/s1. The Labute approximate surface area is 139 Å². The van der Waals surface area contributed by atoms with Crippen molar-refractivity contribution in [1.29, 1.82) is 0 Å². The zero-order valence-corrected chi connectivity index (χ0v) is 14.8. The highest BCUT2D eigenvalue weighted by molar-refractivity contribution is 5.95. The largest absolute Gasteiger partial charge is 0.498 e. The Morgan fingerprint density at radius 1 is 1.13 bits per heavy atom. The van der Waals surface area contributed by atoms with Gasteiger partial charge in [-0.05, 0) is 55.7 Å². The van der Waals surface area contributed by atoms with Crippen molar-refractivity contribution in [3.63, 3.8) is 0 Å². The van der Waals surface area contributed by atoms with Gasteiger partial charge in [-0.3, -0.25) is 4.79 Å². The molecule has 126 valence electrons. The molecule has 1 saturated heterocycles. The molecular formula is C20H28O3. The van der Waals surface area contributed by atoms with E-state index in [2.05, 4.69) is 33.8 Å². The Bertz CT molecular complexity index is 616. The highest BCUT2D eigenvalue weighted by Gasteiger charge is 2.67. The minimum Gasteiger partial charge on any atom is -0.498 e. The first-order chi connectivity index (χ1) is 10.7. The number of allylic oxidation sites excluding steroid dienone is 1. The molecule has 3 heteroatoms. The summed E-state index contributed by atoms with van der Waals surface area (Å²) in [6.45, 7) is 9.54. The summed E-state index contributed by atoms with van der Waals surface area (Å²) in [6.07, 6.45) is 11.1. The van der Waals surface area contributed by atoms with E-state index in [9.17, 15) is 4.79 Å². The normalized spacial score (nSPS) is 47.7. The van der Waals surface area contributed by atoms with Gasteiger partial charge in [-0.15, -0.1) is 0 Å². The average Bonchev–Trinajstić information content (AvgIpc) is 3.05. The van der Waals surface area contributed by atoms with Crippen molar-refractivity contribution >= 4 is 5.78 Å². The molecule has 0 aromatic heterocycles. The van der Waals surface area contributed by atoms with Gasteiger partial charge in [-0.25, -0.2) is 0 Å². The second kappa shape index (κ2) is 4.50. The fourth-order valence-electron chi connectivity index (χ4n) is 6.21. The monoisotopic (exact) mass is 316 g/mol. The number of rotatable bonds is 0. The molecule has 0 unspecified atom stereocenters. The van der Waals surface area contributed by atoms with Gasteiger partial charge in [0.25, 0.3) is 0 Å². The van der Waals surface area contributed by atoms with E-state index in [1.807, 2.05) is 6.08 Å². The quantitative estimate of drug-likeness (QED) is 0.672. The number of carbonyl (C=O) groups is 1. The van der Waals surface area contributed by atoms with Gasteiger partial charge < -0.3 is 9.47 Å². The van der Waals surface area contributed by atoms with Crippen LogP contribution in [-0.4, -0.2) is 23.6 Å². The molecule has 3 nitrogen and oxygen atoms in total. The first kappa shape index (κ1) is 15.4. The zero-order chi connectivity index (χ0) is 16.5. The van der Waals surface area contributed by atoms with Crippen LogP contribution in [0.2, 0.25) is 0 Å². The molecule has 1 saturated carbocycles. The fourth-order valence-corrected chi connectivity index (χ4v) is 6.21. The summed E-state index contributed by atoms with van der Waals surface area (Å²) in [6, 6.07) is 0. The highest BCUT2D eigenvalue weighted by Crippen LogP contribution is 2.65. The summed E-state index contributed by atoms with van der Waals surface area (Å²) in [5.74, 6) is 0.358. The Balaban J connectivity index is 1.84. The van der Waals surface area contributed by atoms with Crippen LogP contribution in [0.15, 0.2) is 24.0 Å². The van der Waals surface area contributed by atoms with Gasteiger partial charge in [0.1, 0.15) is 12.2 Å². The van der Waals surface area contributed by atoms with E-state index in [1.165, 1.54) is 6.42 Å². The van der Waals surface area contributed by atoms with E-state index in [1.54, 1.807) is 6.26 Å². The summed E-state index contributed by atoms with van der Waals surface area (Å²) in [7, 11) is 0. The summed E-state index contributed by atoms with van der Waals surface area (Å²) in [5, 5.41) is 0. The molecular weight excluding hydrogens is 288 g/mol. The Morgan fingerprint density at radius 2 is 1.91 bits per heavy atom. The summed E-state index contributed by atoms with van der Waals surface area (Å²) >= 11 is 0. The van der Waals surface area contributed by atoms with Crippen molar-refractivity contribution < 1.29 is 14.3 Å². The Morgan fingerprint density at radius 3 is 2.61 bits per heavy atom. The van der Waals surface area contributed by atoms with E-state index in [0.717, 1.165) is 31.3 Å². The first-order valence-electron chi connectivity index (χ1n) is 8.97. The minimum atomic E-state index is -0.318. The Hall–Kier alpha value is -1.09.